The Morgan fingerprint density at radius 2 is 2.36 bits per heavy atom. The summed E-state index contributed by atoms with van der Waals surface area (Å²) in [6.07, 6.45) is 1.18. The fourth-order valence-corrected chi connectivity index (χ4v) is 1.96. The largest absolute Gasteiger partial charge is 0.359 e. The lowest BCUT2D eigenvalue weighted by atomic mass is 10.3. The highest BCUT2D eigenvalue weighted by atomic mass is 32.1. The summed E-state index contributed by atoms with van der Waals surface area (Å²) >= 11 is 1.20. The van der Waals surface area contributed by atoms with Gasteiger partial charge in [-0.25, -0.2) is 0 Å². The molecule has 1 rings (SSSR count). The van der Waals surface area contributed by atoms with E-state index in [2.05, 4.69) is 5.32 Å². The van der Waals surface area contributed by atoms with Crippen LogP contribution in [0.1, 0.15) is 18.5 Å². The van der Waals surface area contributed by atoms with Gasteiger partial charge in [-0.2, -0.15) is 0 Å². The third kappa shape index (κ3) is 2.70. The average molecular weight is 214 g/mol. The first kappa shape index (κ1) is 11.0. The summed E-state index contributed by atoms with van der Waals surface area (Å²) in [7, 11) is 1.62. The van der Waals surface area contributed by atoms with Crippen LogP contribution in [0.5, 0.6) is 0 Å². The van der Waals surface area contributed by atoms with Crippen molar-refractivity contribution in [1.82, 2.24) is 9.88 Å². The first-order valence-corrected chi connectivity index (χ1v) is 5.38. The van der Waals surface area contributed by atoms with Crippen LogP contribution in [0, 0.1) is 6.92 Å². The second-order valence-electron chi connectivity index (χ2n) is 3.07. The molecule has 14 heavy (non-hydrogen) atoms. The molecule has 1 aromatic heterocycles. The number of nitrogens with zero attached hydrogens (tertiary/aromatic N) is 1. The van der Waals surface area contributed by atoms with Crippen molar-refractivity contribution < 1.29 is 4.79 Å². The molecule has 0 bridgehead atoms. The molecule has 5 heteroatoms. The van der Waals surface area contributed by atoms with E-state index in [0.29, 0.717) is 19.4 Å². The van der Waals surface area contributed by atoms with Crippen LogP contribution in [0.2, 0.25) is 0 Å². The van der Waals surface area contributed by atoms with Crippen molar-refractivity contribution in [2.75, 3.05) is 7.05 Å². The van der Waals surface area contributed by atoms with Crippen molar-refractivity contribution in [2.45, 2.75) is 26.3 Å². The first-order chi connectivity index (χ1) is 6.65. The fraction of sp³-hybridized carbons (Fsp3) is 0.556. The van der Waals surface area contributed by atoms with Crippen molar-refractivity contribution in [3.63, 3.8) is 0 Å². The van der Waals surface area contributed by atoms with E-state index in [4.69, 9.17) is 0 Å². The molecule has 1 amide bonds. The molecule has 4 nitrogen and oxygen atoms in total. The molecule has 0 aliphatic heterocycles. The number of amides is 1. The Balaban J connectivity index is 2.46. The van der Waals surface area contributed by atoms with E-state index in [1.165, 1.54) is 11.3 Å². The summed E-state index contributed by atoms with van der Waals surface area (Å²) in [4.78, 5) is 22.2. The normalized spacial score (nSPS) is 10.1. The van der Waals surface area contributed by atoms with Crippen molar-refractivity contribution in [3.8, 4) is 0 Å². The molecule has 0 aliphatic carbocycles. The number of carbonyl (C=O) groups is 1. The number of carbonyl (C=O) groups excluding carboxylic acids is 1. The summed E-state index contributed by atoms with van der Waals surface area (Å²) in [6, 6.07) is 0. The minimum atomic E-state index is 0.0194. The Hall–Kier alpha value is -1.10. The second kappa shape index (κ2) is 4.95. The van der Waals surface area contributed by atoms with Gasteiger partial charge in [-0.15, -0.1) is 0 Å². The van der Waals surface area contributed by atoms with Crippen molar-refractivity contribution in [3.05, 3.63) is 20.7 Å². The standard InChI is InChI=1S/C9H14N2O2S/c1-7-6-14-9(13)11(7)5-3-4-8(12)10-2/h6H,3-5H2,1-2H3,(H,10,12). The number of thiazole rings is 1. The van der Waals surface area contributed by atoms with Crippen LogP contribution < -0.4 is 10.2 Å². The SMILES string of the molecule is CNC(=O)CCCn1c(C)csc1=O. The van der Waals surface area contributed by atoms with Gasteiger partial charge >= 0.3 is 4.87 Å². The van der Waals surface area contributed by atoms with Gasteiger partial charge in [-0.3, -0.25) is 9.59 Å². The van der Waals surface area contributed by atoms with E-state index in [1.54, 1.807) is 11.6 Å². The molecular formula is C9H14N2O2S. The molecule has 78 valence electrons. The zero-order valence-corrected chi connectivity index (χ0v) is 9.19. The number of aryl methyl sites for hydroxylation is 1. The molecule has 1 heterocycles. The highest BCUT2D eigenvalue weighted by Gasteiger charge is 2.03. The van der Waals surface area contributed by atoms with Gasteiger partial charge in [0.25, 0.3) is 0 Å². The van der Waals surface area contributed by atoms with Gasteiger partial charge in [-0.05, 0) is 13.3 Å². The first-order valence-electron chi connectivity index (χ1n) is 4.50. The average Bonchev–Trinajstić information content (AvgIpc) is 2.48. The van der Waals surface area contributed by atoms with Gasteiger partial charge in [-0.1, -0.05) is 11.3 Å². The molecular weight excluding hydrogens is 200 g/mol. The second-order valence-corrected chi connectivity index (χ2v) is 3.89. The van der Waals surface area contributed by atoms with E-state index in [9.17, 15) is 9.59 Å². The van der Waals surface area contributed by atoms with E-state index >= 15 is 0 Å². The Bertz CT molecular complexity index is 367. The minimum Gasteiger partial charge on any atom is -0.359 e. The molecule has 0 aromatic carbocycles. The molecule has 0 unspecified atom stereocenters. The van der Waals surface area contributed by atoms with Crippen LogP contribution in [-0.2, 0) is 11.3 Å². The van der Waals surface area contributed by atoms with Crippen LogP contribution in [-0.4, -0.2) is 17.5 Å². The zero-order valence-electron chi connectivity index (χ0n) is 8.37. The van der Waals surface area contributed by atoms with Crippen LogP contribution in [0.15, 0.2) is 10.2 Å². The summed E-state index contributed by atoms with van der Waals surface area (Å²) in [6.45, 7) is 2.53. The number of rotatable bonds is 4. The molecule has 0 spiro atoms. The molecule has 1 aromatic rings. The Labute approximate surface area is 86.6 Å². The fourth-order valence-electron chi connectivity index (χ4n) is 1.20. The van der Waals surface area contributed by atoms with Gasteiger partial charge in [0.05, 0.1) is 0 Å². The Kier molecular flexibility index (Phi) is 3.88. The smallest absolute Gasteiger partial charge is 0.307 e. The van der Waals surface area contributed by atoms with Crippen molar-refractivity contribution >= 4 is 17.2 Å². The monoisotopic (exact) mass is 214 g/mol. The highest BCUT2D eigenvalue weighted by molar-refractivity contribution is 7.07. The number of hydrogen-bond acceptors (Lipinski definition) is 3. The van der Waals surface area contributed by atoms with Crippen LogP contribution in [0.3, 0.4) is 0 Å². The minimum absolute atomic E-state index is 0.0194. The zero-order chi connectivity index (χ0) is 10.6. The summed E-state index contributed by atoms with van der Waals surface area (Å²) in [5, 5.41) is 4.39. The van der Waals surface area contributed by atoms with Gasteiger partial charge < -0.3 is 9.88 Å². The molecule has 0 aliphatic rings. The lowest BCUT2D eigenvalue weighted by molar-refractivity contribution is -0.120. The van der Waals surface area contributed by atoms with Crippen molar-refractivity contribution in [1.29, 1.82) is 0 Å². The maximum absolute atomic E-state index is 11.3. The number of hydrogen-bond donors (Lipinski definition) is 1. The Morgan fingerprint density at radius 1 is 1.64 bits per heavy atom. The van der Waals surface area contributed by atoms with Gasteiger partial charge in [0.1, 0.15) is 0 Å². The molecule has 1 N–H and O–H groups in total. The third-order valence-electron chi connectivity index (χ3n) is 2.04. The Morgan fingerprint density at radius 3 is 2.86 bits per heavy atom. The predicted octanol–water partition coefficient (Wildman–Crippen LogP) is 0.744. The van der Waals surface area contributed by atoms with Gasteiger partial charge in [0, 0.05) is 31.1 Å². The molecule has 0 saturated heterocycles. The van der Waals surface area contributed by atoms with Gasteiger partial charge in [0.15, 0.2) is 0 Å². The summed E-state index contributed by atoms with van der Waals surface area (Å²) < 4.78 is 1.70. The molecule has 0 saturated carbocycles. The van der Waals surface area contributed by atoms with Crippen LogP contribution in [0.25, 0.3) is 0 Å². The number of nitrogens with one attached hydrogen (secondary N) is 1. The topological polar surface area (TPSA) is 51.1 Å². The van der Waals surface area contributed by atoms with E-state index < -0.39 is 0 Å². The number of aromatic nitrogens is 1. The van der Waals surface area contributed by atoms with E-state index in [1.807, 2.05) is 12.3 Å². The van der Waals surface area contributed by atoms with E-state index in [0.717, 1.165) is 5.69 Å². The van der Waals surface area contributed by atoms with Crippen molar-refractivity contribution in [2.24, 2.45) is 0 Å². The summed E-state index contributed by atoms with van der Waals surface area (Å²) in [5.74, 6) is 0.0194. The quantitative estimate of drug-likeness (QED) is 0.804. The molecule has 0 radical (unpaired) electrons. The highest BCUT2D eigenvalue weighted by Crippen LogP contribution is 2.01. The maximum Gasteiger partial charge on any atom is 0.307 e. The molecule has 0 fully saturated rings. The summed E-state index contributed by atoms with van der Waals surface area (Å²) in [5.41, 5.74) is 0.969. The van der Waals surface area contributed by atoms with Gasteiger partial charge in [0.2, 0.25) is 5.91 Å². The van der Waals surface area contributed by atoms with Crippen LogP contribution >= 0.6 is 11.3 Å². The molecule has 0 atom stereocenters. The van der Waals surface area contributed by atoms with Crippen LogP contribution in [0.4, 0.5) is 0 Å². The maximum atomic E-state index is 11.3. The third-order valence-corrected chi connectivity index (χ3v) is 2.92. The lowest BCUT2D eigenvalue weighted by Gasteiger charge is -2.03. The van der Waals surface area contributed by atoms with E-state index in [-0.39, 0.29) is 10.8 Å². The predicted molar refractivity (Wildman–Crippen MR) is 56.6 cm³/mol. The lowest BCUT2D eigenvalue weighted by Crippen LogP contribution is -2.20.